The van der Waals surface area contributed by atoms with Crippen LogP contribution in [-0.4, -0.2) is 56.9 Å². The van der Waals surface area contributed by atoms with E-state index in [2.05, 4.69) is 15.6 Å². The van der Waals surface area contributed by atoms with Crippen molar-refractivity contribution in [3.63, 3.8) is 0 Å². The smallest absolute Gasteiger partial charge is 0.356 e. The van der Waals surface area contributed by atoms with Crippen molar-refractivity contribution in [1.82, 2.24) is 14.9 Å². The Morgan fingerprint density at radius 2 is 1.89 bits per heavy atom. The van der Waals surface area contributed by atoms with E-state index in [0.29, 0.717) is 10.3 Å². The van der Waals surface area contributed by atoms with Crippen LogP contribution in [0.15, 0.2) is 23.2 Å². The zero-order valence-corrected chi connectivity index (χ0v) is 15.9. The highest BCUT2D eigenvalue weighted by atomic mass is 32.2. The van der Waals surface area contributed by atoms with Gasteiger partial charge in [-0.05, 0) is 30.9 Å². The second kappa shape index (κ2) is 9.03. The summed E-state index contributed by atoms with van der Waals surface area (Å²) < 4.78 is 87.8. The molecule has 0 radical (unpaired) electrons. The van der Waals surface area contributed by atoms with Gasteiger partial charge in [-0.3, -0.25) is 4.99 Å². The van der Waals surface area contributed by atoms with Crippen molar-refractivity contribution in [2.24, 2.45) is 4.99 Å². The molecule has 0 spiro atoms. The summed E-state index contributed by atoms with van der Waals surface area (Å²) in [5.74, 6) is -1.50. The molecule has 28 heavy (non-hydrogen) atoms. The number of sulfonamides is 1. The molecule has 1 aromatic rings. The average Bonchev–Trinajstić information content (AvgIpc) is 2.63. The maximum Gasteiger partial charge on any atom is 0.511 e. The van der Waals surface area contributed by atoms with Crippen molar-refractivity contribution in [2.75, 3.05) is 26.7 Å². The van der Waals surface area contributed by atoms with Gasteiger partial charge in [-0.15, -0.1) is 0 Å². The molecular weight excluding hydrogens is 407 g/mol. The van der Waals surface area contributed by atoms with Crippen molar-refractivity contribution in [1.29, 1.82) is 0 Å². The van der Waals surface area contributed by atoms with E-state index >= 15 is 0 Å². The van der Waals surface area contributed by atoms with Crippen LogP contribution in [0.1, 0.15) is 18.4 Å². The normalized spacial score (nSPS) is 17.6. The largest absolute Gasteiger partial charge is 0.511 e. The van der Waals surface area contributed by atoms with Crippen LogP contribution in [0.2, 0.25) is 0 Å². The van der Waals surface area contributed by atoms with Crippen molar-refractivity contribution in [3.8, 4) is 0 Å². The van der Waals surface area contributed by atoms with Crippen molar-refractivity contribution in [3.05, 3.63) is 35.4 Å². The molecule has 1 saturated heterocycles. The number of rotatable bonds is 5. The standard InChI is InChI=1S/C16H21F5N4O2S/c1-22-15(23-8-5-11-3-2-4-13(17)14(11)18)24-12-6-9-25(10-7-12)28(26,27)16(19,20)21/h2-4,12H,5-10H2,1H3,(H2,22,23,24). The van der Waals surface area contributed by atoms with Gasteiger partial charge in [0.1, 0.15) is 0 Å². The summed E-state index contributed by atoms with van der Waals surface area (Å²) in [6.45, 7) is -0.267. The van der Waals surface area contributed by atoms with Crippen LogP contribution in [0.25, 0.3) is 0 Å². The fourth-order valence-corrected chi connectivity index (χ4v) is 3.82. The molecule has 2 N–H and O–H groups in total. The van der Waals surface area contributed by atoms with Crippen LogP contribution < -0.4 is 10.6 Å². The quantitative estimate of drug-likeness (QED) is 0.428. The van der Waals surface area contributed by atoms with Gasteiger partial charge in [0.05, 0.1) is 0 Å². The van der Waals surface area contributed by atoms with Gasteiger partial charge in [0, 0.05) is 32.7 Å². The monoisotopic (exact) mass is 428 g/mol. The van der Waals surface area contributed by atoms with Gasteiger partial charge >= 0.3 is 15.5 Å². The number of hydrogen-bond donors (Lipinski definition) is 2. The lowest BCUT2D eigenvalue weighted by Crippen LogP contribution is -2.51. The number of piperidine rings is 1. The van der Waals surface area contributed by atoms with Crippen LogP contribution >= 0.6 is 0 Å². The first-order valence-electron chi connectivity index (χ1n) is 8.52. The summed E-state index contributed by atoms with van der Waals surface area (Å²) in [5, 5.41) is 5.91. The molecule has 1 fully saturated rings. The number of benzene rings is 1. The van der Waals surface area contributed by atoms with Crippen LogP contribution in [0.5, 0.6) is 0 Å². The Kier molecular flexibility index (Phi) is 7.21. The minimum Gasteiger partial charge on any atom is -0.356 e. The summed E-state index contributed by atoms with van der Waals surface area (Å²) in [5.41, 5.74) is -5.11. The summed E-state index contributed by atoms with van der Waals surface area (Å²) in [6, 6.07) is 3.63. The summed E-state index contributed by atoms with van der Waals surface area (Å²) in [6.07, 6.45) is 0.551. The number of hydrogen-bond acceptors (Lipinski definition) is 3. The van der Waals surface area contributed by atoms with Crippen molar-refractivity contribution < 1.29 is 30.4 Å². The first-order chi connectivity index (χ1) is 13.1. The number of aliphatic imine (C=N–C) groups is 1. The molecule has 0 atom stereocenters. The molecule has 0 bridgehead atoms. The molecule has 158 valence electrons. The number of halogens is 5. The minimum absolute atomic E-state index is 0.175. The van der Waals surface area contributed by atoms with Crippen LogP contribution in [0, 0.1) is 11.6 Å². The van der Waals surface area contributed by atoms with E-state index in [1.165, 1.54) is 19.2 Å². The number of alkyl halides is 3. The summed E-state index contributed by atoms with van der Waals surface area (Å²) in [4.78, 5) is 3.98. The number of nitrogens with zero attached hydrogens (tertiary/aromatic N) is 2. The van der Waals surface area contributed by atoms with Gasteiger partial charge < -0.3 is 10.6 Å². The second-order valence-electron chi connectivity index (χ2n) is 6.23. The highest BCUT2D eigenvalue weighted by Crippen LogP contribution is 2.28. The van der Waals surface area contributed by atoms with E-state index < -0.39 is 27.2 Å². The number of guanidine groups is 1. The molecule has 0 amide bonds. The Bertz CT molecular complexity index is 806. The minimum atomic E-state index is -5.32. The fourth-order valence-electron chi connectivity index (χ4n) is 2.83. The van der Waals surface area contributed by atoms with E-state index in [4.69, 9.17) is 0 Å². The molecule has 1 heterocycles. The zero-order chi connectivity index (χ0) is 20.9. The maximum atomic E-state index is 13.6. The molecule has 6 nitrogen and oxygen atoms in total. The lowest BCUT2D eigenvalue weighted by atomic mass is 10.1. The summed E-state index contributed by atoms with van der Waals surface area (Å²) >= 11 is 0. The predicted octanol–water partition coefficient (Wildman–Crippen LogP) is 1.99. The van der Waals surface area contributed by atoms with Gasteiger partial charge in [-0.1, -0.05) is 12.1 Å². The Labute approximate surface area is 159 Å². The first kappa shape index (κ1) is 22.3. The lowest BCUT2D eigenvalue weighted by Gasteiger charge is -2.32. The molecule has 0 saturated carbocycles. The predicted molar refractivity (Wildman–Crippen MR) is 94.1 cm³/mol. The summed E-state index contributed by atoms with van der Waals surface area (Å²) in [7, 11) is -3.83. The molecule has 1 aromatic carbocycles. The third-order valence-corrected chi connectivity index (χ3v) is 6.00. The maximum absolute atomic E-state index is 13.6. The van der Waals surface area contributed by atoms with E-state index in [0.717, 1.165) is 6.07 Å². The molecule has 1 aliphatic rings. The Hall–Kier alpha value is -1.95. The third-order valence-electron chi connectivity index (χ3n) is 4.37. The molecular formula is C16H21F5N4O2S. The van der Waals surface area contributed by atoms with Crippen LogP contribution in [0.4, 0.5) is 22.0 Å². The molecule has 1 aliphatic heterocycles. The lowest BCUT2D eigenvalue weighted by molar-refractivity contribution is -0.0494. The van der Waals surface area contributed by atoms with Gasteiger partial charge in [0.15, 0.2) is 17.6 Å². The van der Waals surface area contributed by atoms with E-state index in [1.54, 1.807) is 0 Å². The molecule has 2 rings (SSSR count). The highest BCUT2D eigenvalue weighted by Gasteiger charge is 2.50. The Morgan fingerprint density at radius 1 is 1.25 bits per heavy atom. The second-order valence-corrected chi connectivity index (χ2v) is 8.16. The highest BCUT2D eigenvalue weighted by molar-refractivity contribution is 7.90. The van der Waals surface area contributed by atoms with Gasteiger partial charge in [-0.2, -0.15) is 17.5 Å². The molecule has 0 unspecified atom stereocenters. The zero-order valence-electron chi connectivity index (χ0n) is 15.1. The molecule has 0 aliphatic carbocycles. The fraction of sp³-hybridized carbons (Fsp3) is 0.562. The van der Waals surface area contributed by atoms with Crippen LogP contribution in [-0.2, 0) is 16.4 Å². The topological polar surface area (TPSA) is 73.8 Å². The SMILES string of the molecule is CN=C(NCCc1cccc(F)c1F)NC1CCN(S(=O)(=O)C(F)(F)F)CC1. The van der Waals surface area contributed by atoms with Gasteiger partial charge in [-0.25, -0.2) is 17.2 Å². The average molecular weight is 428 g/mol. The van der Waals surface area contributed by atoms with Gasteiger partial charge in [0.25, 0.3) is 0 Å². The third kappa shape index (κ3) is 5.31. The Balaban J connectivity index is 1.82. The first-order valence-corrected chi connectivity index (χ1v) is 9.96. The number of nitrogens with one attached hydrogen (secondary N) is 2. The van der Waals surface area contributed by atoms with E-state index in [-0.39, 0.29) is 50.5 Å². The van der Waals surface area contributed by atoms with Crippen molar-refractivity contribution in [2.45, 2.75) is 30.8 Å². The molecule has 12 heteroatoms. The van der Waals surface area contributed by atoms with Gasteiger partial charge in [0.2, 0.25) is 0 Å². The Morgan fingerprint density at radius 3 is 2.46 bits per heavy atom. The van der Waals surface area contributed by atoms with Crippen LogP contribution in [0.3, 0.4) is 0 Å². The van der Waals surface area contributed by atoms with E-state index in [9.17, 15) is 30.4 Å². The molecule has 0 aromatic heterocycles. The van der Waals surface area contributed by atoms with E-state index in [1.807, 2.05) is 0 Å². The van der Waals surface area contributed by atoms with Crippen molar-refractivity contribution >= 4 is 16.0 Å².